The van der Waals surface area contributed by atoms with Gasteiger partial charge in [-0.2, -0.15) is 11.3 Å². The summed E-state index contributed by atoms with van der Waals surface area (Å²) in [6.45, 7) is 2.16. The molecule has 0 saturated carbocycles. The van der Waals surface area contributed by atoms with Gasteiger partial charge in [-0.1, -0.05) is 24.3 Å². The van der Waals surface area contributed by atoms with Crippen molar-refractivity contribution in [1.29, 1.82) is 0 Å². The van der Waals surface area contributed by atoms with Gasteiger partial charge in [0.15, 0.2) is 0 Å². The molecule has 1 unspecified atom stereocenters. The van der Waals surface area contributed by atoms with Gasteiger partial charge in [-0.15, -0.1) is 0 Å². The van der Waals surface area contributed by atoms with Crippen LogP contribution in [0, 0.1) is 0 Å². The van der Waals surface area contributed by atoms with Crippen molar-refractivity contribution in [3.8, 4) is 0 Å². The van der Waals surface area contributed by atoms with Gasteiger partial charge >= 0.3 is 0 Å². The zero-order chi connectivity index (χ0) is 12.4. The summed E-state index contributed by atoms with van der Waals surface area (Å²) in [5.41, 5.74) is 1.30. The predicted molar refractivity (Wildman–Crippen MR) is 78.1 cm³/mol. The molecule has 0 spiro atoms. The number of hydrogen-bond acceptors (Lipinski definition) is 3. The number of fused-ring (bicyclic) bond motifs is 1. The van der Waals surface area contributed by atoms with Crippen LogP contribution >= 0.6 is 11.3 Å². The number of aromatic nitrogens is 1. The highest BCUT2D eigenvalue weighted by molar-refractivity contribution is 7.07. The Bertz CT molecular complexity index is 641. The topological polar surface area (TPSA) is 24.9 Å². The number of thiophene rings is 1. The Kier molecular flexibility index (Phi) is 2.99. The van der Waals surface area contributed by atoms with Crippen LogP contribution in [0.2, 0.25) is 0 Å². The van der Waals surface area contributed by atoms with Crippen molar-refractivity contribution in [2.24, 2.45) is 0 Å². The highest BCUT2D eigenvalue weighted by Gasteiger charge is 2.08. The first-order valence-electron chi connectivity index (χ1n) is 5.97. The van der Waals surface area contributed by atoms with Gasteiger partial charge in [0.25, 0.3) is 0 Å². The molecule has 2 nitrogen and oxygen atoms in total. The van der Waals surface area contributed by atoms with E-state index in [1.54, 1.807) is 11.3 Å². The molecule has 0 aliphatic rings. The molecule has 0 saturated heterocycles. The summed E-state index contributed by atoms with van der Waals surface area (Å²) >= 11 is 1.72. The number of rotatable bonds is 3. The first-order valence-corrected chi connectivity index (χ1v) is 6.91. The first-order chi connectivity index (χ1) is 8.84. The van der Waals surface area contributed by atoms with Crippen LogP contribution in [0.15, 0.2) is 53.4 Å². The van der Waals surface area contributed by atoms with E-state index < -0.39 is 0 Å². The maximum Gasteiger partial charge on any atom is 0.134 e. The van der Waals surface area contributed by atoms with Gasteiger partial charge in [-0.25, -0.2) is 4.98 Å². The summed E-state index contributed by atoms with van der Waals surface area (Å²) < 4.78 is 0. The third-order valence-corrected chi connectivity index (χ3v) is 3.77. The lowest BCUT2D eigenvalue weighted by Crippen LogP contribution is -2.07. The van der Waals surface area contributed by atoms with Crippen LogP contribution in [0.4, 0.5) is 5.82 Å². The lowest BCUT2D eigenvalue weighted by molar-refractivity contribution is 0.883. The SMILES string of the molecule is CC(Nc1nccc2ccccc12)c1ccsc1. The van der Waals surface area contributed by atoms with E-state index in [-0.39, 0.29) is 6.04 Å². The van der Waals surface area contributed by atoms with Crippen molar-refractivity contribution < 1.29 is 0 Å². The van der Waals surface area contributed by atoms with Gasteiger partial charge < -0.3 is 5.32 Å². The van der Waals surface area contributed by atoms with Gasteiger partial charge in [-0.3, -0.25) is 0 Å². The zero-order valence-corrected chi connectivity index (χ0v) is 10.9. The quantitative estimate of drug-likeness (QED) is 0.746. The molecule has 1 atom stereocenters. The van der Waals surface area contributed by atoms with Gasteiger partial charge in [0, 0.05) is 11.6 Å². The minimum absolute atomic E-state index is 0.273. The van der Waals surface area contributed by atoms with E-state index in [4.69, 9.17) is 0 Å². The number of nitrogens with one attached hydrogen (secondary N) is 1. The van der Waals surface area contributed by atoms with Crippen molar-refractivity contribution >= 4 is 27.9 Å². The normalized spacial score (nSPS) is 12.5. The summed E-state index contributed by atoms with van der Waals surface area (Å²) in [5.74, 6) is 0.951. The zero-order valence-electron chi connectivity index (χ0n) is 10.1. The second kappa shape index (κ2) is 4.78. The molecular weight excluding hydrogens is 240 g/mol. The van der Waals surface area contributed by atoms with Crippen molar-refractivity contribution in [1.82, 2.24) is 4.98 Å². The van der Waals surface area contributed by atoms with E-state index in [9.17, 15) is 0 Å². The second-order valence-electron chi connectivity index (χ2n) is 4.30. The molecule has 2 aromatic heterocycles. The molecule has 3 aromatic rings. The van der Waals surface area contributed by atoms with E-state index >= 15 is 0 Å². The fraction of sp³-hybridized carbons (Fsp3) is 0.133. The summed E-state index contributed by atoms with van der Waals surface area (Å²) in [6, 6.07) is 12.8. The Balaban J connectivity index is 1.95. The summed E-state index contributed by atoms with van der Waals surface area (Å²) in [5, 5.41) is 10.1. The summed E-state index contributed by atoms with van der Waals surface area (Å²) in [6.07, 6.45) is 1.85. The lowest BCUT2D eigenvalue weighted by atomic mass is 10.1. The van der Waals surface area contributed by atoms with E-state index in [0.29, 0.717) is 0 Å². The smallest absolute Gasteiger partial charge is 0.134 e. The molecule has 90 valence electrons. The Labute approximate surface area is 110 Å². The molecule has 1 N–H and O–H groups in total. The third kappa shape index (κ3) is 2.09. The molecule has 0 fully saturated rings. The van der Waals surface area contributed by atoms with Crippen molar-refractivity contribution in [2.45, 2.75) is 13.0 Å². The minimum atomic E-state index is 0.273. The molecule has 0 amide bonds. The number of hydrogen-bond donors (Lipinski definition) is 1. The summed E-state index contributed by atoms with van der Waals surface area (Å²) in [7, 11) is 0. The molecule has 0 aliphatic heterocycles. The molecule has 18 heavy (non-hydrogen) atoms. The standard InChI is InChI=1S/C15H14N2S/c1-11(13-7-9-18-10-13)17-15-14-5-3-2-4-12(14)6-8-16-15/h2-11H,1H3,(H,16,17). The highest BCUT2D eigenvalue weighted by atomic mass is 32.1. The number of benzene rings is 1. The molecule has 0 aliphatic carbocycles. The maximum atomic E-state index is 4.45. The molecule has 0 radical (unpaired) electrons. The van der Waals surface area contributed by atoms with Gasteiger partial charge in [0.05, 0.1) is 6.04 Å². The maximum absolute atomic E-state index is 4.45. The molecule has 2 heterocycles. The van der Waals surface area contributed by atoms with Crippen LogP contribution < -0.4 is 5.32 Å². The van der Waals surface area contributed by atoms with Gasteiger partial charge in [-0.05, 0) is 40.8 Å². The monoisotopic (exact) mass is 254 g/mol. The van der Waals surface area contributed by atoms with Crippen LogP contribution in [0.3, 0.4) is 0 Å². The van der Waals surface area contributed by atoms with E-state index in [2.05, 4.69) is 52.3 Å². The van der Waals surface area contributed by atoms with Gasteiger partial charge in [0.2, 0.25) is 0 Å². The van der Waals surface area contributed by atoms with Crippen LogP contribution in [0.1, 0.15) is 18.5 Å². The number of nitrogens with zero attached hydrogens (tertiary/aromatic N) is 1. The van der Waals surface area contributed by atoms with Crippen LogP contribution in [-0.2, 0) is 0 Å². The molecule has 0 bridgehead atoms. The Morgan fingerprint density at radius 3 is 2.89 bits per heavy atom. The average Bonchev–Trinajstić information content (AvgIpc) is 2.93. The van der Waals surface area contributed by atoms with E-state index in [1.807, 2.05) is 18.3 Å². The largest absolute Gasteiger partial charge is 0.363 e. The molecule has 3 rings (SSSR count). The fourth-order valence-electron chi connectivity index (χ4n) is 2.04. The second-order valence-corrected chi connectivity index (χ2v) is 5.08. The first kappa shape index (κ1) is 11.2. The highest BCUT2D eigenvalue weighted by Crippen LogP contribution is 2.25. The average molecular weight is 254 g/mol. The van der Waals surface area contributed by atoms with Crippen molar-refractivity contribution in [3.05, 3.63) is 58.9 Å². The van der Waals surface area contributed by atoms with Crippen molar-refractivity contribution in [2.75, 3.05) is 5.32 Å². The Morgan fingerprint density at radius 2 is 2.06 bits per heavy atom. The predicted octanol–water partition coefficient (Wildman–Crippen LogP) is 4.47. The molecule has 1 aromatic carbocycles. The van der Waals surface area contributed by atoms with E-state index in [1.165, 1.54) is 16.3 Å². The minimum Gasteiger partial charge on any atom is -0.363 e. The van der Waals surface area contributed by atoms with Crippen LogP contribution in [0.25, 0.3) is 10.8 Å². The third-order valence-electron chi connectivity index (χ3n) is 3.07. The Morgan fingerprint density at radius 1 is 1.17 bits per heavy atom. The fourth-order valence-corrected chi connectivity index (χ4v) is 2.80. The van der Waals surface area contributed by atoms with Crippen molar-refractivity contribution in [3.63, 3.8) is 0 Å². The lowest BCUT2D eigenvalue weighted by Gasteiger charge is -2.14. The van der Waals surface area contributed by atoms with Crippen LogP contribution in [-0.4, -0.2) is 4.98 Å². The number of pyridine rings is 1. The number of anilines is 1. The van der Waals surface area contributed by atoms with E-state index in [0.717, 1.165) is 5.82 Å². The van der Waals surface area contributed by atoms with Gasteiger partial charge in [0.1, 0.15) is 5.82 Å². The molecule has 3 heteroatoms. The summed E-state index contributed by atoms with van der Waals surface area (Å²) in [4.78, 5) is 4.45. The van der Waals surface area contributed by atoms with Crippen LogP contribution in [0.5, 0.6) is 0 Å². The Hall–Kier alpha value is -1.87. The molecular formula is C15H14N2S.